The molecule has 0 saturated carbocycles. The van der Waals surface area contributed by atoms with Crippen LogP contribution < -0.4 is 5.32 Å². The van der Waals surface area contributed by atoms with Crippen LogP contribution in [0.4, 0.5) is 18.9 Å². The Morgan fingerprint density at radius 3 is 2.36 bits per heavy atom. The van der Waals surface area contributed by atoms with E-state index in [0.29, 0.717) is 0 Å². The van der Waals surface area contributed by atoms with Crippen molar-refractivity contribution in [1.82, 2.24) is 9.97 Å². The van der Waals surface area contributed by atoms with Gasteiger partial charge in [-0.3, -0.25) is 4.98 Å². The normalized spacial score (nSPS) is 12.9. The number of anilines is 1. The first-order valence-electron chi connectivity index (χ1n) is 8.85. The van der Waals surface area contributed by atoms with Gasteiger partial charge in [0, 0.05) is 40.2 Å². The monoisotopic (exact) mass is 381 g/mol. The summed E-state index contributed by atoms with van der Waals surface area (Å²) in [4.78, 5) is 7.37. The standard InChI is InChI=1S/C22H18F3N3/c1-14-20(16-6-2-4-8-18(16)27-14)21(15-10-12-26-13-11-15)28-19-9-5-3-7-17(19)22(23,24)25/h2-13,21,27-28H,1H3/t21-/m0/s1. The fraction of sp³-hybridized carbons (Fsp3) is 0.136. The maximum Gasteiger partial charge on any atom is 0.418 e. The zero-order chi connectivity index (χ0) is 19.7. The third-order valence-electron chi connectivity index (χ3n) is 4.80. The number of nitrogens with one attached hydrogen (secondary N) is 2. The van der Waals surface area contributed by atoms with Gasteiger partial charge in [-0.15, -0.1) is 0 Å². The van der Waals surface area contributed by atoms with Crippen molar-refractivity contribution in [2.45, 2.75) is 19.1 Å². The Labute approximate surface area is 160 Å². The van der Waals surface area contributed by atoms with Crippen molar-refractivity contribution in [3.05, 3.63) is 95.4 Å². The number of hydrogen-bond acceptors (Lipinski definition) is 2. The van der Waals surface area contributed by atoms with Crippen molar-refractivity contribution in [3.63, 3.8) is 0 Å². The van der Waals surface area contributed by atoms with Crippen LogP contribution >= 0.6 is 0 Å². The Kier molecular flexibility index (Phi) is 4.55. The predicted octanol–water partition coefficient (Wildman–Crippen LogP) is 6.09. The molecule has 142 valence electrons. The van der Waals surface area contributed by atoms with Gasteiger partial charge in [0.15, 0.2) is 0 Å². The molecule has 0 saturated heterocycles. The molecule has 4 rings (SSSR count). The highest BCUT2D eigenvalue weighted by Gasteiger charge is 2.34. The average Bonchev–Trinajstić information content (AvgIpc) is 3.02. The molecular weight excluding hydrogens is 363 g/mol. The molecule has 1 atom stereocenters. The summed E-state index contributed by atoms with van der Waals surface area (Å²) in [5.41, 5.74) is 2.95. The molecule has 0 fully saturated rings. The number of benzene rings is 2. The van der Waals surface area contributed by atoms with E-state index in [4.69, 9.17) is 0 Å². The molecule has 2 aromatic carbocycles. The van der Waals surface area contributed by atoms with Crippen LogP contribution in [0, 0.1) is 6.92 Å². The van der Waals surface area contributed by atoms with Gasteiger partial charge in [0.05, 0.1) is 11.6 Å². The molecule has 0 aliphatic rings. The number of rotatable bonds is 4. The predicted molar refractivity (Wildman–Crippen MR) is 104 cm³/mol. The number of pyridine rings is 1. The first-order valence-corrected chi connectivity index (χ1v) is 8.85. The van der Waals surface area contributed by atoms with Crippen molar-refractivity contribution < 1.29 is 13.2 Å². The number of aromatic amines is 1. The summed E-state index contributed by atoms with van der Waals surface area (Å²) in [5, 5.41) is 4.11. The van der Waals surface area contributed by atoms with Gasteiger partial charge >= 0.3 is 6.18 Å². The number of aryl methyl sites for hydroxylation is 1. The highest BCUT2D eigenvalue weighted by atomic mass is 19.4. The number of hydrogen-bond donors (Lipinski definition) is 2. The van der Waals surface area contributed by atoms with Crippen LogP contribution in [0.5, 0.6) is 0 Å². The average molecular weight is 381 g/mol. The van der Waals surface area contributed by atoms with E-state index in [1.54, 1.807) is 18.5 Å². The fourth-order valence-electron chi connectivity index (χ4n) is 3.56. The fourth-order valence-corrected chi connectivity index (χ4v) is 3.56. The van der Waals surface area contributed by atoms with Gasteiger partial charge in [0.1, 0.15) is 0 Å². The van der Waals surface area contributed by atoms with E-state index in [1.165, 1.54) is 12.1 Å². The molecule has 2 heterocycles. The van der Waals surface area contributed by atoms with Crippen LogP contribution in [0.25, 0.3) is 10.9 Å². The molecular formula is C22H18F3N3. The third-order valence-corrected chi connectivity index (χ3v) is 4.80. The van der Waals surface area contributed by atoms with Gasteiger partial charge in [-0.2, -0.15) is 13.2 Å². The number of alkyl halides is 3. The van der Waals surface area contributed by atoms with Crippen LogP contribution in [0.2, 0.25) is 0 Å². The molecule has 4 aromatic rings. The quantitative estimate of drug-likeness (QED) is 0.449. The van der Waals surface area contributed by atoms with Gasteiger partial charge in [0.2, 0.25) is 0 Å². The molecule has 2 N–H and O–H groups in total. The van der Waals surface area contributed by atoms with Crippen molar-refractivity contribution in [2.75, 3.05) is 5.32 Å². The van der Waals surface area contributed by atoms with E-state index >= 15 is 0 Å². The highest BCUT2D eigenvalue weighted by molar-refractivity contribution is 5.86. The van der Waals surface area contributed by atoms with Crippen LogP contribution in [-0.4, -0.2) is 9.97 Å². The minimum atomic E-state index is -4.44. The van der Waals surface area contributed by atoms with Crippen molar-refractivity contribution >= 4 is 16.6 Å². The molecule has 0 amide bonds. The molecule has 6 heteroatoms. The van der Waals surface area contributed by atoms with Crippen LogP contribution in [0.15, 0.2) is 73.1 Å². The number of fused-ring (bicyclic) bond motifs is 1. The van der Waals surface area contributed by atoms with Crippen molar-refractivity contribution in [2.24, 2.45) is 0 Å². The summed E-state index contributed by atoms with van der Waals surface area (Å²) in [5.74, 6) is 0. The summed E-state index contributed by atoms with van der Waals surface area (Å²) >= 11 is 0. The maximum absolute atomic E-state index is 13.5. The summed E-state index contributed by atoms with van der Waals surface area (Å²) in [6.45, 7) is 1.93. The summed E-state index contributed by atoms with van der Waals surface area (Å²) in [6.07, 6.45) is -1.16. The minimum Gasteiger partial charge on any atom is -0.374 e. The first-order chi connectivity index (χ1) is 13.4. The van der Waals surface area contributed by atoms with E-state index in [0.717, 1.165) is 33.8 Å². The highest BCUT2D eigenvalue weighted by Crippen LogP contribution is 2.39. The number of halogens is 3. The lowest BCUT2D eigenvalue weighted by molar-refractivity contribution is -0.137. The van der Waals surface area contributed by atoms with Crippen LogP contribution in [0.3, 0.4) is 0 Å². The van der Waals surface area contributed by atoms with E-state index in [-0.39, 0.29) is 5.69 Å². The van der Waals surface area contributed by atoms with E-state index in [1.807, 2.05) is 43.3 Å². The Balaban J connectivity index is 1.89. The molecule has 28 heavy (non-hydrogen) atoms. The first kappa shape index (κ1) is 18.1. The maximum atomic E-state index is 13.5. The molecule has 0 aliphatic carbocycles. The number of aromatic nitrogens is 2. The van der Waals surface area contributed by atoms with Crippen LogP contribution in [-0.2, 0) is 6.18 Å². The SMILES string of the molecule is Cc1[nH]c2ccccc2c1[C@@H](Nc1ccccc1C(F)(F)F)c1ccncc1. The number of para-hydroxylation sites is 2. The lowest BCUT2D eigenvalue weighted by atomic mass is 9.96. The molecule has 0 spiro atoms. The van der Waals surface area contributed by atoms with Gasteiger partial charge in [-0.1, -0.05) is 30.3 Å². The second-order valence-electron chi connectivity index (χ2n) is 6.61. The Morgan fingerprint density at radius 1 is 0.929 bits per heavy atom. The Morgan fingerprint density at radius 2 is 1.61 bits per heavy atom. The van der Waals surface area contributed by atoms with Crippen LogP contribution in [0.1, 0.15) is 28.4 Å². The molecule has 0 unspecified atom stereocenters. The lowest BCUT2D eigenvalue weighted by Crippen LogP contribution is -2.17. The molecule has 0 radical (unpaired) electrons. The van der Waals surface area contributed by atoms with Gasteiger partial charge in [-0.25, -0.2) is 0 Å². The molecule has 0 bridgehead atoms. The summed E-state index contributed by atoms with van der Waals surface area (Å²) in [7, 11) is 0. The topological polar surface area (TPSA) is 40.7 Å². The zero-order valence-electron chi connectivity index (χ0n) is 15.1. The van der Waals surface area contributed by atoms with Gasteiger partial charge in [-0.05, 0) is 42.8 Å². The van der Waals surface area contributed by atoms with Crippen molar-refractivity contribution in [1.29, 1.82) is 0 Å². The summed E-state index contributed by atoms with van der Waals surface area (Å²) in [6, 6.07) is 16.5. The minimum absolute atomic E-state index is 0.0430. The number of nitrogens with zero attached hydrogens (tertiary/aromatic N) is 1. The Bertz CT molecular complexity index is 1100. The second kappa shape index (κ2) is 7.03. The Hall–Kier alpha value is -3.28. The molecule has 2 aromatic heterocycles. The summed E-state index contributed by atoms with van der Waals surface area (Å²) < 4.78 is 40.6. The van der Waals surface area contributed by atoms with E-state index in [9.17, 15) is 13.2 Å². The molecule has 0 aliphatic heterocycles. The van der Waals surface area contributed by atoms with Gasteiger partial charge < -0.3 is 10.3 Å². The van der Waals surface area contributed by atoms with E-state index < -0.39 is 17.8 Å². The largest absolute Gasteiger partial charge is 0.418 e. The smallest absolute Gasteiger partial charge is 0.374 e. The zero-order valence-corrected chi connectivity index (χ0v) is 15.1. The third kappa shape index (κ3) is 3.33. The second-order valence-corrected chi connectivity index (χ2v) is 6.61. The number of H-pyrrole nitrogens is 1. The molecule has 3 nitrogen and oxygen atoms in total. The van der Waals surface area contributed by atoms with Crippen molar-refractivity contribution in [3.8, 4) is 0 Å². The van der Waals surface area contributed by atoms with E-state index in [2.05, 4.69) is 15.3 Å². The van der Waals surface area contributed by atoms with Gasteiger partial charge in [0.25, 0.3) is 0 Å². The lowest BCUT2D eigenvalue weighted by Gasteiger charge is -2.24.